The zero-order valence-electron chi connectivity index (χ0n) is 11.3. The van der Waals surface area contributed by atoms with Crippen LogP contribution in [0.1, 0.15) is 32.0 Å². The Morgan fingerprint density at radius 2 is 1.94 bits per heavy atom. The Bertz CT molecular complexity index is 526. The van der Waals surface area contributed by atoms with Gasteiger partial charge < -0.3 is 4.74 Å². The van der Waals surface area contributed by atoms with Gasteiger partial charge in [0.05, 0.1) is 6.20 Å². The van der Waals surface area contributed by atoms with Gasteiger partial charge in [-0.1, -0.05) is 44.2 Å². The van der Waals surface area contributed by atoms with E-state index in [0.29, 0.717) is 6.61 Å². The van der Waals surface area contributed by atoms with Gasteiger partial charge in [0, 0.05) is 7.05 Å². The highest BCUT2D eigenvalue weighted by Gasteiger charge is 2.18. The summed E-state index contributed by atoms with van der Waals surface area (Å²) in [6, 6.07) is 8.12. The Labute approximate surface area is 108 Å². The summed E-state index contributed by atoms with van der Waals surface area (Å²) >= 11 is 0. The number of hydrogen-bond donors (Lipinski definition) is 0. The minimum Gasteiger partial charge on any atom is -0.487 e. The Morgan fingerprint density at radius 1 is 1.22 bits per heavy atom. The third kappa shape index (κ3) is 2.88. The third-order valence-electron chi connectivity index (χ3n) is 2.72. The lowest BCUT2D eigenvalue weighted by Crippen LogP contribution is -2.13. The van der Waals surface area contributed by atoms with Crippen molar-refractivity contribution in [2.45, 2.75) is 32.8 Å². The van der Waals surface area contributed by atoms with Crippen LogP contribution in [0.5, 0.6) is 5.75 Å². The second-order valence-electron chi connectivity index (χ2n) is 5.42. The maximum Gasteiger partial charge on any atom is 0.134 e. The van der Waals surface area contributed by atoms with Gasteiger partial charge in [-0.05, 0) is 17.0 Å². The van der Waals surface area contributed by atoms with Crippen molar-refractivity contribution in [1.29, 1.82) is 0 Å². The molecule has 1 aromatic heterocycles. The minimum absolute atomic E-state index is 0.0684. The molecule has 0 radical (unpaired) electrons. The Kier molecular flexibility index (Phi) is 3.36. The van der Waals surface area contributed by atoms with E-state index < -0.39 is 0 Å². The summed E-state index contributed by atoms with van der Waals surface area (Å²) < 4.78 is 7.52. The van der Waals surface area contributed by atoms with Crippen molar-refractivity contribution in [3.8, 4) is 5.75 Å². The zero-order chi connectivity index (χ0) is 13.2. The van der Waals surface area contributed by atoms with Gasteiger partial charge in [0.15, 0.2) is 0 Å². The molecule has 2 rings (SSSR count). The number of nitrogens with zero attached hydrogens (tertiary/aromatic N) is 3. The van der Waals surface area contributed by atoms with Gasteiger partial charge >= 0.3 is 0 Å². The fourth-order valence-corrected chi connectivity index (χ4v) is 1.83. The first-order chi connectivity index (χ1) is 8.47. The average molecular weight is 245 g/mol. The van der Waals surface area contributed by atoms with Crippen LogP contribution in [0.2, 0.25) is 0 Å². The molecular weight excluding hydrogens is 226 g/mol. The van der Waals surface area contributed by atoms with Crippen LogP contribution >= 0.6 is 0 Å². The molecule has 4 heteroatoms. The van der Waals surface area contributed by atoms with E-state index in [9.17, 15) is 0 Å². The molecule has 0 spiro atoms. The average Bonchev–Trinajstić information content (AvgIpc) is 2.72. The summed E-state index contributed by atoms with van der Waals surface area (Å²) in [6.07, 6.45) is 1.86. The fraction of sp³-hybridized carbons (Fsp3) is 0.429. The molecule has 0 aliphatic carbocycles. The SMILES string of the molecule is Cn1cc(COc2ccccc2C(C)(C)C)nn1. The lowest BCUT2D eigenvalue weighted by Gasteiger charge is -2.22. The molecule has 2 aromatic rings. The molecule has 0 unspecified atom stereocenters. The number of hydrogen-bond acceptors (Lipinski definition) is 3. The van der Waals surface area contributed by atoms with Crippen LogP contribution in [-0.4, -0.2) is 15.0 Å². The predicted octanol–water partition coefficient (Wildman–Crippen LogP) is 2.69. The van der Waals surface area contributed by atoms with Gasteiger partial charge in [-0.25, -0.2) is 0 Å². The highest BCUT2D eigenvalue weighted by Crippen LogP contribution is 2.31. The van der Waals surface area contributed by atoms with E-state index in [2.05, 4.69) is 37.1 Å². The quantitative estimate of drug-likeness (QED) is 0.834. The molecular formula is C14H19N3O. The third-order valence-corrected chi connectivity index (χ3v) is 2.72. The molecule has 0 saturated carbocycles. The normalized spacial score (nSPS) is 11.6. The number of aromatic nitrogens is 3. The molecule has 4 nitrogen and oxygen atoms in total. The molecule has 0 aliphatic heterocycles. The molecule has 0 bridgehead atoms. The Morgan fingerprint density at radius 3 is 2.56 bits per heavy atom. The van der Waals surface area contributed by atoms with Gasteiger partial charge in [-0.2, -0.15) is 0 Å². The second kappa shape index (κ2) is 4.80. The monoisotopic (exact) mass is 245 g/mol. The Hall–Kier alpha value is -1.84. The van der Waals surface area contributed by atoms with E-state index in [4.69, 9.17) is 4.74 Å². The lowest BCUT2D eigenvalue weighted by molar-refractivity contribution is 0.293. The molecule has 0 aliphatic rings. The molecule has 0 fully saturated rings. The molecule has 0 amide bonds. The summed E-state index contributed by atoms with van der Waals surface area (Å²) in [5.41, 5.74) is 2.11. The van der Waals surface area contributed by atoms with Crippen molar-refractivity contribution in [2.75, 3.05) is 0 Å². The van der Waals surface area contributed by atoms with E-state index in [0.717, 1.165) is 11.4 Å². The number of benzene rings is 1. The summed E-state index contributed by atoms with van der Waals surface area (Å²) in [7, 11) is 1.85. The van der Waals surface area contributed by atoms with E-state index >= 15 is 0 Å². The highest BCUT2D eigenvalue weighted by atomic mass is 16.5. The largest absolute Gasteiger partial charge is 0.487 e. The molecule has 96 valence electrons. The maximum atomic E-state index is 5.85. The van der Waals surface area contributed by atoms with Crippen LogP contribution in [0, 0.1) is 0 Å². The van der Waals surface area contributed by atoms with E-state index in [1.54, 1.807) is 4.68 Å². The molecule has 18 heavy (non-hydrogen) atoms. The molecule has 0 atom stereocenters. The Balaban J connectivity index is 2.14. The first-order valence-electron chi connectivity index (χ1n) is 6.04. The summed E-state index contributed by atoms with van der Waals surface area (Å²) in [5, 5.41) is 7.90. The van der Waals surface area contributed by atoms with E-state index in [1.165, 1.54) is 5.56 Å². The standard InChI is InChI=1S/C14H19N3O/c1-14(2,3)12-7-5-6-8-13(12)18-10-11-9-17(4)16-15-11/h5-9H,10H2,1-4H3. The van der Waals surface area contributed by atoms with Crippen LogP contribution in [0.25, 0.3) is 0 Å². The van der Waals surface area contributed by atoms with Gasteiger partial charge in [0.2, 0.25) is 0 Å². The number of para-hydroxylation sites is 1. The van der Waals surface area contributed by atoms with Gasteiger partial charge in [-0.3, -0.25) is 4.68 Å². The molecule has 1 heterocycles. The van der Waals surface area contributed by atoms with Gasteiger partial charge in [-0.15, -0.1) is 5.10 Å². The lowest BCUT2D eigenvalue weighted by atomic mass is 9.86. The highest BCUT2D eigenvalue weighted by molar-refractivity contribution is 5.38. The number of ether oxygens (including phenoxy) is 1. The first-order valence-corrected chi connectivity index (χ1v) is 6.04. The van der Waals surface area contributed by atoms with E-state index in [-0.39, 0.29) is 5.41 Å². The van der Waals surface area contributed by atoms with Crippen molar-refractivity contribution in [3.05, 3.63) is 41.7 Å². The van der Waals surface area contributed by atoms with Crippen molar-refractivity contribution in [3.63, 3.8) is 0 Å². The van der Waals surface area contributed by atoms with Gasteiger partial charge in [0.25, 0.3) is 0 Å². The van der Waals surface area contributed by atoms with Crippen LogP contribution < -0.4 is 4.74 Å². The summed E-state index contributed by atoms with van der Waals surface area (Å²) in [5.74, 6) is 0.913. The molecule has 1 aromatic carbocycles. The number of rotatable bonds is 3. The van der Waals surface area contributed by atoms with Gasteiger partial charge in [0.1, 0.15) is 18.1 Å². The van der Waals surface area contributed by atoms with Crippen molar-refractivity contribution in [2.24, 2.45) is 7.05 Å². The van der Waals surface area contributed by atoms with Crippen molar-refractivity contribution < 1.29 is 4.74 Å². The summed E-state index contributed by atoms with van der Waals surface area (Å²) in [4.78, 5) is 0. The van der Waals surface area contributed by atoms with Crippen LogP contribution in [-0.2, 0) is 19.1 Å². The van der Waals surface area contributed by atoms with Crippen molar-refractivity contribution >= 4 is 0 Å². The topological polar surface area (TPSA) is 39.9 Å². The molecule has 0 N–H and O–H groups in total. The maximum absolute atomic E-state index is 5.85. The fourth-order valence-electron chi connectivity index (χ4n) is 1.83. The predicted molar refractivity (Wildman–Crippen MR) is 70.5 cm³/mol. The second-order valence-corrected chi connectivity index (χ2v) is 5.42. The van der Waals surface area contributed by atoms with Crippen LogP contribution in [0.4, 0.5) is 0 Å². The molecule has 0 saturated heterocycles. The zero-order valence-corrected chi connectivity index (χ0v) is 11.3. The number of aryl methyl sites for hydroxylation is 1. The summed E-state index contributed by atoms with van der Waals surface area (Å²) in [6.45, 7) is 6.98. The smallest absolute Gasteiger partial charge is 0.134 e. The minimum atomic E-state index is 0.0684. The van der Waals surface area contributed by atoms with Crippen LogP contribution in [0.15, 0.2) is 30.5 Å². The first kappa shape index (κ1) is 12.6. The van der Waals surface area contributed by atoms with E-state index in [1.807, 2.05) is 31.4 Å². The van der Waals surface area contributed by atoms with Crippen molar-refractivity contribution in [1.82, 2.24) is 15.0 Å². The van der Waals surface area contributed by atoms with Crippen LogP contribution in [0.3, 0.4) is 0 Å².